The summed E-state index contributed by atoms with van der Waals surface area (Å²) in [5, 5.41) is 4.14. The largest absolute Gasteiger partial charge is 0.467 e. The second-order valence-electron chi connectivity index (χ2n) is 5.00. The number of carbonyl (C=O) groups excluding carboxylic acids is 2. The molecule has 0 aliphatic carbocycles. The van der Waals surface area contributed by atoms with Crippen LogP contribution >= 0.6 is 0 Å². The zero-order chi connectivity index (χ0) is 14.8. The number of rotatable bonds is 2. The molecule has 1 atom stereocenters. The third kappa shape index (κ3) is 2.35. The molecule has 1 saturated heterocycles. The third-order valence-corrected chi connectivity index (χ3v) is 3.79. The topological polar surface area (TPSA) is 76.8 Å². The molecule has 1 fully saturated rings. The van der Waals surface area contributed by atoms with Crippen molar-refractivity contribution in [3.63, 3.8) is 0 Å². The van der Waals surface area contributed by atoms with Gasteiger partial charge in [0.15, 0.2) is 0 Å². The van der Waals surface area contributed by atoms with Gasteiger partial charge in [0, 0.05) is 18.9 Å². The first kappa shape index (κ1) is 13.5. The highest BCUT2D eigenvalue weighted by Gasteiger charge is 2.34. The van der Waals surface area contributed by atoms with Crippen LogP contribution in [0.5, 0.6) is 0 Å². The van der Waals surface area contributed by atoms with Gasteiger partial charge in [0.2, 0.25) is 0 Å². The van der Waals surface area contributed by atoms with Crippen LogP contribution in [0.3, 0.4) is 0 Å². The number of amides is 1. The third-order valence-electron chi connectivity index (χ3n) is 3.79. The molecule has 7 heteroatoms. The number of hydrogen-bond donors (Lipinski definition) is 0. The van der Waals surface area contributed by atoms with Crippen LogP contribution in [-0.4, -0.2) is 51.1 Å². The van der Waals surface area contributed by atoms with Gasteiger partial charge in [0.25, 0.3) is 5.91 Å². The Bertz CT molecular complexity index is 682. The molecule has 0 radical (unpaired) electrons. The highest BCUT2D eigenvalue weighted by molar-refractivity contribution is 6.02. The minimum absolute atomic E-state index is 0.201. The summed E-state index contributed by atoms with van der Waals surface area (Å²) in [6.45, 7) is 0.552. The summed E-state index contributed by atoms with van der Waals surface area (Å²) < 4.78 is 6.40. The molecular formula is C14H16N4O3. The summed E-state index contributed by atoms with van der Waals surface area (Å²) in [6.07, 6.45) is 8.83. The molecule has 0 spiro atoms. The van der Waals surface area contributed by atoms with Gasteiger partial charge in [-0.1, -0.05) is 0 Å². The minimum Gasteiger partial charge on any atom is -0.467 e. The number of carbonyl (C=O) groups is 2. The summed E-state index contributed by atoms with van der Waals surface area (Å²) in [7, 11) is 1.35. The number of aromatic nitrogens is 3. The molecule has 0 aromatic carbocycles. The molecule has 1 unspecified atom stereocenters. The van der Waals surface area contributed by atoms with Crippen molar-refractivity contribution in [1.82, 2.24) is 19.5 Å². The summed E-state index contributed by atoms with van der Waals surface area (Å²) in [6, 6.07) is -0.511. The van der Waals surface area contributed by atoms with E-state index in [1.54, 1.807) is 28.0 Å². The van der Waals surface area contributed by atoms with E-state index in [4.69, 9.17) is 4.74 Å². The molecule has 3 rings (SSSR count). The maximum Gasteiger partial charge on any atom is 0.328 e. The molecule has 1 amide bonds. The van der Waals surface area contributed by atoms with E-state index in [0.29, 0.717) is 24.0 Å². The van der Waals surface area contributed by atoms with Gasteiger partial charge < -0.3 is 9.64 Å². The molecule has 1 aliphatic heterocycles. The van der Waals surface area contributed by atoms with Gasteiger partial charge in [-0.05, 0) is 19.3 Å². The molecule has 110 valence electrons. The molecule has 0 bridgehead atoms. The van der Waals surface area contributed by atoms with Gasteiger partial charge in [0.05, 0.1) is 30.6 Å². The van der Waals surface area contributed by atoms with Crippen LogP contribution in [0.15, 0.2) is 24.8 Å². The zero-order valence-corrected chi connectivity index (χ0v) is 11.7. The Balaban J connectivity index is 1.94. The lowest BCUT2D eigenvalue weighted by Crippen LogP contribution is -2.48. The average Bonchev–Trinajstić information content (AvgIpc) is 2.97. The molecule has 2 aromatic rings. The van der Waals surface area contributed by atoms with E-state index in [2.05, 4.69) is 10.1 Å². The lowest BCUT2D eigenvalue weighted by atomic mass is 10.0. The van der Waals surface area contributed by atoms with Gasteiger partial charge in [-0.3, -0.25) is 9.78 Å². The van der Waals surface area contributed by atoms with E-state index in [9.17, 15) is 9.59 Å². The van der Waals surface area contributed by atoms with Gasteiger partial charge in [-0.2, -0.15) is 5.10 Å². The number of methoxy groups -OCH3 is 1. The van der Waals surface area contributed by atoms with E-state index >= 15 is 0 Å². The maximum atomic E-state index is 12.7. The van der Waals surface area contributed by atoms with Crippen LogP contribution in [-0.2, 0) is 9.53 Å². The zero-order valence-electron chi connectivity index (χ0n) is 11.7. The van der Waals surface area contributed by atoms with Crippen LogP contribution in [0.25, 0.3) is 5.52 Å². The number of piperidine rings is 1. The summed E-state index contributed by atoms with van der Waals surface area (Å²) in [4.78, 5) is 30.2. The van der Waals surface area contributed by atoms with E-state index in [0.717, 1.165) is 12.8 Å². The summed E-state index contributed by atoms with van der Waals surface area (Å²) >= 11 is 0. The van der Waals surface area contributed by atoms with Crippen LogP contribution in [0.2, 0.25) is 0 Å². The van der Waals surface area contributed by atoms with E-state index in [1.807, 2.05) is 0 Å². The molecule has 7 nitrogen and oxygen atoms in total. The Morgan fingerprint density at radius 2 is 2.19 bits per heavy atom. The normalized spacial score (nSPS) is 18.7. The standard InChI is InChI=1S/C14H16N4O3/c1-21-14(20)11-4-2-3-6-17(11)13(19)10-8-16-18-7-5-15-9-12(10)18/h5,7-9,11H,2-4,6H2,1H3. The highest BCUT2D eigenvalue weighted by atomic mass is 16.5. The van der Waals surface area contributed by atoms with E-state index in [-0.39, 0.29) is 11.9 Å². The van der Waals surface area contributed by atoms with Crippen LogP contribution in [0.1, 0.15) is 29.6 Å². The van der Waals surface area contributed by atoms with Gasteiger partial charge in [-0.25, -0.2) is 9.31 Å². The first-order chi connectivity index (χ1) is 10.2. The molecule has 21 heavy (non-hydrogen) atoms. The molecule has 0 saturated carbocycles. The Morgan fingerprint density at radius 1 is 1.33 bits per heavy atom. The van der Waals surface area contributed by atoms with Crippen LogP contribution in [0, 0.1) is 0 Å². The van der Waals surface area contributed by atoms with Crippen molar-refractivity contribution >= 4 is 17.4 Å². The van der Waals surface area contributed by atoms with Crippen molar-refractivity contribution in [2.75, 3.05) is 13.7 Å². The fraction of sp³-hybridized carbons (Fsp3) is 0.429. The predicted octanol–water partition coefficient (Wildman–Crippen LogP) is 0.897. The Labute approximate surface area is 121 Å². The second-order valence-corrected chi connectivity index (χ2v) is 5.00. The number of esters is 1. The number of fused-ring (bicyclic) bond motifs is 1. The molecule has 1 aliphatic rings. The Kier molecular flexibility index (Phi) is 3.55. The minimum atomic E-state index is -0.511. The van der Waals surface area contributed by atoms with Gasteiger partial charge >= 0.3 is 5.97 Å². The van der Waals surface area contributed by atoms with Crippen molar-refractivity contribution in [3.8, 4) is 0 Å². The van der Waals surface area contributed by atoms with Crippen molar-refractivity contribution in [2.24, 2.45) is 0 Å². The lowest BCUT2D eigenvalue weighted by Gasteiger charge is -2.33. The highest BCUT2D eigenvalue weighted by Crippen LogP contribution is 2.22. The van der Waals surface area contributed by atoms with Crippen LogP contribution in [0.4, 0.5) is 0 Å². The monoisotopic (exact) mass is 288 g/mol. The van der Waals surface area contributed by atoms with Crippen molar-refractivity contribution in [3.05, 3.63) is 30.4 Å². The number of likely N-dealkylation sites (tertiary alicyclic amines) is 1. The van der Waals surface area contributed by atoms with Crippen molar-refractivity contribution < 1.29 is 14.3 Å². The fourth-order valence-corrected chi connectivity index (χ4v) is 2.71. The quantitative estimate of drug-likeness (QED) is 0.767. The van der Waals surface area contributed by atoms with E-state index < -0.39 is 6.04 Å². The molecule has 0 N–H and O–H groups in total. The Hall–Kier alpha value is -2.44. The number of hydrogen-bond acceptors (Lipinski definition) is 5. The summed E-state index contributed by atoms with van der Waals surface area (Å²) in [5.74, 6) is -0.564. The van der Waals surface area contributed by atoms with E-state index in [1.165, 1.54) is 13.3 Å². The SMILES string of the molecule is COC(=O)C1CCCCN1C(=O)c1cnn2ccncc12. The van der Waals surface area contributed by atoms with Gasteiger partial charge in [-0.15, -0.1) is 0 Å². The second kappa shape index (κ2) is 5.51. The van der Waals surface area contributed by atoms with Crippen molar-refractivity contribution in [2.45, 2.75) is 25.3 Å². The average molecular weight is 288 g/mol. The fourth-order valence-electron chi connectivity index (χ4n) is 2.71. The first-order valence-corrected chi connectivity index (χ1v) is 6.88. The van der Waals surface area contributed by atoms with Crippen molar-refractivity contribution in [1.29, 1.82) is 0 Å². The first-order valence-electron chi connectivity index (χ1n) is 6.88. The summed E-state index contributed by atoms with van der Waals surface area (Å²) in [5.41, 5.74) is 1.09. The predicted molar refractivity (Wildman–Crippen MR) is 73.7 cm³/mol. The smallest absolute Gasteiger partial charge is 0.328 e. The lowest BCUT2D eigenvalue weighted by molar-refractivity contribution is -0.147. The van der Waals surface area contributed by atoms with Gasteiger partial charge in [0.1, 0.15) is 6.04 Å². The maximum absolute atomic E-state index is 12.7. The number of ether oxygens (including phenoxy) is 1. The molecule has 3 heterocycles. The number of nitrogens with zero attached hydrogens (tertiary/aromatic N) is 4. The van der Waals surface area contributed by atoms with Crippen LogP contribution < -0.4 is 0 Å². The Morgan fingerprint density at radius 3 is 3.00 bits per heavy atom. The molecular weight excluding hydrogens is 272 g/mol. The molecule has 2 aromatic heterocycles.